The van der Waals surface area contributed by atoms with Crippen molar-refractivity contribution < 1.29 is 4.39 Å². The van der Waals surface area contributed by atoms with Crippen LogP contribution in [0.15, 0.2) is 36.5 Å². The van der Waals surface area contributed by atoms with Crippen molar-refractivity contribution in [3.63, 3.8) is 0 Å². The number of anilines is 2. The molecule has 0 aliphatic heterocycles. The molecule has 0 saturated carbocycles. The molecule has 0 aliphatic carbocycles. The molecule has 0 unspecified atom stereocenters. The lowest BCUT2D eigenvalue weighted by atomic mass is 10.3. The van der Waals surface area contributed by atoms with Crippen LogP contribution in [0.3, 0.4) is 0 Å². The van der Waals surface area contributed by atoms with Gasteiger partial charge in [0.2, 0.25) is 0 Å². The summed E-state index contributed by atoms with van der Waals surface area (Å²) >= 11 is 5.86. The van der Waals surface area contributed by atoms with Crippen LogP contribution < -0.4 is 5.32 Å². The average Bonchev–Trinajstić information content (AvgIpc) is 2.34. The third-order valence-electron chi connectivity index (χ3n) is 2.09. The van der Waals surface area contributed by atoms with E-state index in [0.717, 1.165) is 0 Å². The van der Waals surface area contributed by atoms with E-state index in [0.29, 0.717) is 17.1 Å². The van der Waals surface area contributed by atoms with Gasteiger partial charge in [-0.3, -0.25) is 0 Å². The van der Waals surface area contributed by atoms with Crippen molar-refractivity contribution in [1.29, 1.82) is 5.26 Å². The Morgan fingerprint density at radius 1 is 1.29 bits per heavy atom. The molecule has 0 amide bonds. The van der Waals surface area contributed by atoms with Crippen LogP contribution in [0.5, 0.6) is 0 Å². The van der Waals surface area contributed by atoms with Crippen LogP contribution in [0.2, 0.25) is 5.02 Å². The Bertz CT molecular complexity index is 575. The van der Waals surface area contributed by atoms with Gasteiger partial charge < -0.3 is 5.32 Å². The SMILES string of the molecule is N#Cc1ccc(Nc2ccc(F)cc2Cl)nc1. The van der Waals surface area contributed by atoms with E-state index in [4.69, 9.17) is 16.9 Å². The van der Waals surface area contributed by atoms with Gasteiger partial charge in [-0.25, -0.2) is 9.37 Å². The maximum atomic E-state index is 12.8. The highest BCUT2D eigenvalue weighted by atomic mass is 35.5. The van der Waals surface area contributed by atoms with E-state index in [1.807, 2.05) is 6.07 Å². The average molecular weight is 248 g/mol. The van der Waals surface area contributed by atoms with Gasteiger partial charge in [0, 0.05) is 6.20 Å². The number of halogens is 2. The second kappa shape index (κ2) is 4.81. The topological polar surface area (TPSA) is 48.7 Å². The van der Waals surface area contributed by atoms with Crippen LogP contribution >= 0.6 is 11.6 Å². The third kappa shape index (κ3) is 2.71. The summed E-state index contributed by atoms with van der Waals surface area (Å²) in [6.07, 6.45) is 1.44. The van der Waals surface area contributed by atoms with E-state index in [2.05, 4.69) is 10.3 Å². The summed E-state index contributed by atoms with van der Waals surface area (Å²) in [7, 11) is 0. The van der Waals surface area contributed by atoms with Crippen LogP contribution in [0, 0.1) is 17.1 Å². The van der Waals surface area contributed by atoms with Crippen molar-refractivity contribution in [3.05, 3.63) is 52.9 Å². The Hall–Kier alpha value is -2.12. The van der Waals surface area contributed by atoms with Crippen LogP contribution in [-0.2, 0) is 0 Å². The van der Waals surface area contributed by atoms with Crippen LogP contribution in [0.25, 0.3) is 0 Å². The molecule has 2 rings (SSSR count). The predicted octanol–water partition coefficient (Wildman–Crippen LogP) is 3.49. The smallest absolute Gasteiger partial charge is 0.130 e. The third-order valence-corrected chi connectivity index (χ3v) is 2.40. The van der Waals surface area contributed by atoms with Gasteiger partial charge in [-0.1, -0.05) is 11.6 Å². The molecule has 1 N–H and O–H groups in total. The van der Waals surface area contributed by atoms with Crippen molar-refractivity contribution in [2.75, 3.05) is 5.32 Å². The van der Waals surface area contributed by atoms with Crippen molar-refractivity contribution >= 4 is 23.1 Å². The Kier molecular flexibility index (Phi) is 3.22. The summed E-state index contributed by atoms with van der Waals surface area (Å²) in [5, 5.41) is 11.8. The fraction of sp³-hybridized carbons (Fsp3) is 0. The van der Waals surface area contributed by atoms with E-state index < -0.39 is 5.82 Å². The van der Waals surface area contributed by atoms with Gasteiger partial charge >= 0.3 is 0 Å². The first kappa shape index (κ1) is 11.4. The number of nitriles is 1. The first-order valence-electron chi connectivity index (χ1n) is 4.77. The maximum Gasteiger partial charge on any atom is 0.130 e. The summed E-state index contributed by atoms with van der Waals surface area (Å²) in [4.78, 5) is 4.02. The lowest BCUT2D eigenvalue weighted by Crippen LogP contribution is -1.94. The van der Waals surface area contributed by atoms with Gasteiger partial charge in [0.1, 0.15) is 17.7 Å². The lowest BCUT2D eigenvalue weighted by molar-refractivity contribution is 0.628. The minimum Gasteiger partial charge on any atom is -0.339 e. The minimum atomic E-state index is -0.395. The Morgan fingerprint density at radius 2 is 2.12 bits per heavy atom. The fourth-order valence-corrected chi connectivity index (χ4v) is 1.48. The molecule has 1 heterocycles. The molecule has 1 aromatic heterocycles. The van der Waals surface area contributed by atoms with Crippen molar-refractivity contribution in [2.24, 2.45) is 0 Å². The lowest BCUT2D eigenvalue weighted by Gasteiger charge is -2.07. The van der Waals surface area contributed by atoms with Gasteiger partial charge in [0.15, 0.2) is 0 Å². The molecule has 0 spiro atoms. The van der Waals surface area contributed by atoms with E-state index in [1.54, 1.807) is 12.1 Å². The zero-order valence-corrected chi connectivity index (χ0v) is 9.37. The molecule has 17 heavy (non-hydrogen) atoms. The van der Waals surface area contributed by atoms with E-state index >= 15 is 0 Å². The second-order valence-electron chi connectivity index (χ2n) is 3.29. The molecular formula is C12H7ClFN3. The standard InChI is InChI=1S/C12H7ClFN3/c13-10-5-9(14)2-3-11(10)17-12-4-1-8(6-15)7-16-12/h1-5,7H,(H,16,17). The fourth-order valence-electron chi connectivity index (χ4n) is 1.26. The molecule has 84 valence electrons. The van der Waals surface area contributed by atoms with Crippen LogP contribution in [0.4, 0.5) is 15.9 Å². The summed E-state index contributed by atoms with van der Waals surface area (Å²) in [6.45, 7) is 0. The summed E-state index contributed by atoms with van der Waals surface area (Å²) in [5.74, 6) is 0.144. The molecule has 0 atom stereocenters. The number of aromatic nitrogens is 1. The molecule has 0 aliphatic rings. The largest absolute Gasteiger partial charge is 0.339 e. The highest BCUT2D eigenvalue weighted by molar-refractivity contribution is 6.33. The zero-order valence-electron chi connectivity index (χ0n) is 8.61. The van der Waals surface area contributed by atoms with Gasteiger partial charge in [0.25, 0.3) is 0 Å². The number of nitrogens with zero attached hydrogens (tertiary/aromatic N) is 2. The minimum absolute atomic E-state index is 0.274. The summed E-state index contributed by atoms with van der Waals surface area (Å²) in [6, 6.07) is 9.30. The Balaban J connectivity index is 2.23. The normalized spacial score (nSPS) is 9.71. The number of hydrogen-bond donors (Lipinski definition) is 1. The maximum absolute atomic E-state index is 12.8. The Morgan fingerprint density at radius 3 is 2.71 bits per heavy atom. The molecule has 0 saturated heterocycles. The molecule has 0 fully saturated rings. The first-order chi connectivity index (χ1) is 8.19. The Labute approximate surface area is 102 Å². The molecular weight excluding hydrogens is 241 g/mol. The molecule has 2 aromatic rings. The van der Waals surface area contributed by atoms with E-state index in [-0.39, 0.29) is 5.02 Å². The first-order valence-corrected chi connectivity index (χ1v) is 5.15. The summed E-state index contributed by atoms with van der Waals surface area (Å²) in [5.41, 5.74) is 1.03. The van der Waals surface area contributed by atoms with E-state index in [1.165, 1.54) is 24.4 Å². The number of pyridine rings is 1. The quantitative estimate of drug-likeness (QED) is 0.884. The number of nitrogens with one attached hydrogen (secondary N) is 1. The molecule has 3 nitrogen and oxygen atoms in total. The molecule has 5 heteroatoms. The van der Waals surface area contributed by atoms with Crippen molar-refractivity contribution in [2.45, 2.75) is 0 Å². The van der Waals surface area contributed by atoms with Gasteiger partial charge in [-0.2, -0.15) is 5.26 Å². The monoisotopic (exact) mass is 247 g/mol. The predicted molar refractivity (Wildman–Crippen MR) is 63.6 cm³/mol. The number of hydrogen-bond acceptors (Lipinski definition) is 3. The molecule has 1 aromatic carbocycles. The van der Waals surface area contributed by atoms with Crippen molar-refractivity contribution in [1.82, 2.24) is 4.98 Å². The van der Waals surface area contributed by atoms with Gasteiger partial charge in [-0.05, 0) is 30.3 Å². The van der Waals surface area contributed by atoms with Crippen LogP contribution in [0.1, 0.15) is 5.56 Å². The summed E-state index contributed by atoms with van der Waals surface area (Å²) < 4.78 is 12.8. The van der Waals surface area contributed by atoms with Crippen LogP contribution in [-0.4, -0.2) is 4.98 Å². The van der Waals surface area contributed by atoms with E-state index in [9.17, 15) is 4.39 Å². The molecule has 0 radical (unpaired) electrons. The highest BCUT2D eigenvalue weighted by Crippen LogP contribution is 2.25. The second-order valence-corrected chi connectivity index (χ2v) is 3.70. The highest BCUT2D eigenvalue weighted by Gasteiger charge is 2.03. The van der Waals surface area contributed by atoms with Gasteiger partial charge in [-0.15, -0.1) is 0 Å². The van der Waals surface area contributed by atoms with Gasteiger partial charge in [0.05, 0.1) is 16.3 Å². The zero-order chi connectivity index (χ0) is 12.3. The van der Waals surface area contributed by atoms with Crippen molar-refractivity contribution in [3.8, 4) is 6.07 Å². The number of rotatable bonds is 2. The molecule has 0 bridgehead atoms. The number of benzene rings is 1.